The van der Waals surface area contributed by atoms with Gasteiger partial charge in [0.05, 0.1) is 18.7 Å². The number of hydrogen-bond donors (Lipinski definition) is 3. The smallest absolute Gasteiger partial charge is 0.264 e. The van der Waals surface area contributed by atoms with Gasteiger partial charge in [0, 0.05) is 11.1 Å². The number of aromatic nitrogens is 2. The molecule has 94 valence electrons. The Morgan fingerprint density at radius 3 is 2.72 bits per heavy atom. The number of carbonyl (C=O) groups excluding carboxylic acids is 1. The van der Waals surface area contributed by atoms with Crippen molar-refractivity contribution in [2.75, 3.05) is 0 Å². The van der Waals surface area contributed by atoms with E-state index in [4.69, 9.17) is 11.6 Å². The maximum absolute atomic E-state index is 11.7. The number of halogens is 1. The summed E-state index contributed by atoms with van der Waals surface area (Å²) in [6.07, 6.45) is 0.217. The molecule has 6 heteroatoms. The number of hydrogen-bond acceptors (Lipinski definition) is 2. The lowest BCUT2D eigenvalue weighted by atomic mass is 10.1. The summed E-state index contributed by atoms with van der Waals surface area (Å²) in [6.45, 7) is 0.280. The summed E-state index contributed by atoms with van der Waals surface area (Å²) in [5.74, 6) is -0.148. The highest BCUT2D eigenvalue weighted by atomic mass is 35.5. The summed E-state index contributed by atoms with van der Waals surface area (Å²) >= 11 is 5.96. The van der Waals surface area contributed by atoms with E-state index in [-0.39, 0.29) is 24.4 Å². The molecule has 0 radical (unpaired) electrons. The van der Waals surface area contributed by atoms with Gasteiger partial charge in [0.15, 0.2) is 0 Å². The van der Waals surface area contributed by atoms with Crippen molar-refractivity contribution >= 4 is 17.5 Å². The topological polar surface area (TPSA) is 77.8 Å². The molecule has 0 aliphatic rings. The van der Waals surface area contributed by atoms with Crippen LogP contribution in [0, 0.1) is 0 Å². The molecule has 0 unspecified atom stereocenters. The molecule has 0 fully saturated rings. The van der Waals surface area contributed by atoms with Crippen LogP contribution in [-0.2, 0) is 17.8 Å². The fourth-order valence-electron chi connectivity index (χ4n) is 1.54. The summed E-state index contributed by atoms with van der Waals surface area (Å²) in [5.41, 5.74) is 1.19. The van der Waals surface area contributed by atoms with E-state index in [0.717, 1.165) is 5.56 Å². The zero-order chi connectivity index (χ0) is 13.0. The molecule has 1 heterocycles. The largest absolute Gasteiger partial charge is 0.350 e. The van der Waals surface area contributed by atoms with Gasteiger partial charge in [-0.2, -0.15) is 0 Å². The lowest BCUT2D eigenvalue weighted by Gasteiger charge is -2.05. The number of aromatic amines is 2. The van der Waals surface area contributed by atoms with Crippen molar-refractivity contribution in [3.63, 3.8) is 0 Å². The fourth-order valence-corrected chi connectivity index (χ4v) is 1.74. The van der Waals surface area contributed by atoms with E-state index in [9.17, 15) is 9.59 Å². The Morgan fingerprint density at radius 2 is 2.06 bits per heavy atom. The van der Waals surface area contributed by atoms with E-state index in [1.54, 1.807) is 12.1 Å². The molecule has 0 spiro atoms. The van der Waals surface area contributed by atoms with Gasteiger partial charge in [-0.05, 0) is 11.6 Å². The van der Waals surface area contributed by atoms with Crippen molar-refractivity contribution in [3.05, 3.63) is 57.0 Å². The van der Waals surface area contributed by atoms with Gasteiger partial charge >= 0.3 is 0 Å². The van der Waals surface area contributed by atoms with E-state index < -0.39 is 0 Å². The minimum absolute atomic E-state index is 0.148. The Kier molecular flexibility index (Phi) is 3.84. The van der Waals surface area contributed by atoms with Gasteiger partial charge < -0.3 is 10.4 Å². The quantitative estimate of drug-likeness (QED) is 0.777. The van der Waals surface area contributed by atoms with Crippen LogP contribution in [0.15, 0.2) is 35.1 Å². The van der Waals surface area contributed by atoms with E-state index >= 15 is 0 Å². The average molecular weight is 266 g/mol. The Morgan fingerprint density at radius 1 is 1.28 bits per heavy atom. The molecule has 2 aromatic rings. The molecule has 0 bridgehead atoms. The molecule has 18 heavy (non-hydrogen) atoms. The summed E-state index contributed by atoms with van der Waals surface area (Å²) in [7, 11) is 0. The summed E-state index contributed by atoms with van der Waals surface area (Å²) in [5, 5.41) is 8.33. The van der Waals surface area contributed by atoms with Crippen LogP contribution in [0.4, 0.5) is 0 Å². The second-order valence-electron chi connectivity index (χ2n) is 3.83. The minimum Gasteiger partial charge on any atom is -0.350 e. The molecule has 0 saturated carbocycles. The normalized spacial score (nSPS) is 10.3. The number of amides is 1. The van der Waals surface area contributed by atoms with Crippen molar-refractivity contribution in [1.29, 1.82) is 0 Å². The Labute approximate surface area is 108 Å². The molecule has 1 aromatic heterocycles. The van der Waals surface area contributed by atoms with Crippen LogP contribution >= 0.6 is 11.6 Å². The van der Waals surface area contributed by atoms with Crippen molar-refractivity contribution in [2.24, 2.45) is 0 Å². The molecule has 0 atom stereocenters. The molecule has 0 aliphatic heterocycles. The highest BCUT2D eigenvalue weighted by molar-refractivity contribution is 6.31. The van der Waals surface area contributed by atoms with Crippen LogP contribution in [0.2, 0.25) is 5.02 Å². The molecule has 1 aromatic carbocycles. The Hall–Kier alpha value is -2.01. The van der Waals surface area contributed by atoms with Crippen molar-refractivity contribution in [2.45, 2.75) is 13.0 Å². The van der Waals surface area contributed by atoms with Crippen molar-refractivity contribution < 1.29 is 4.79 Å². The second kappa shape index (κ2) is 5.55. The van der Waals surface area contributed by atoms with E-state index in [2.05, 4.69) is 15.5 Å². The maximum Gasteiger partial charge on any atom is 0.264 e. The molecule has 1 amide bonds. The molecular formula is C12H12ClN3O2. The van der Waals surface area contributed by atoms with Gasteiger partial charge in [-0.1, -0.05) is 29.8 Å². The third-order valence-corrected chi connectivity index (χ3v) is 2.81. The van der Waals surface area contributed by atoms with Gasteiger partial charge in [-0.3, -0.25) is 14.7 Å². The molecule has 3 N–H and O–H groups in total. The molecule has 5 nitrogen and oxygen atoms in total. The number of rotatable bonds is 4. The average Bonchev–Trinajstić information content (AvgIpc) is 2.76. The maximum atomic E-state index is 11.7. The van der Waals surface area contributed by atoms with E-state index in [0.29, 0.717) is 10.7 Å². The van der Waals surface area contributed by atoms with Crippen LogP contribution in [0.1, 0.15) is 11.3 Å². The number of H-pyrrole nitrogens is 2. The first kappa shape index (κ1) is 12.4. The zero-order valence-electron chi connectivity index (χ0n) is 9.50. The first-order valence-corrected chi connectivity index (χ1v) is 5.79. The lowest BCUT2D eigenvalue weighted by Crippen LogP contribution is -2.24. The SMILES string of the molecule is O=C(Cc1ccccc1Cl)NCc1cc(=O)[nH][nH]1. The van der Waals surface area contributed by atoms with Crippen LogP contribution in [0.3, 0.4) is 0 Å². The molecular weight excluding hydrogens is 254 g/mol. The standard InChI is InChI=1S/C12H12ClN3O2/c13-10-4-2-1-3-8(10)5-11(17)14-7-9-6-12(18)16-15-9/h1-4,6H,5,7H2,(H,14,17)(H2,15,16,18). The van der Waals surface area contributed by atoms with Crippen LogP contribution < -0.4 is 10.9 Å². The molecule has 0 aliphatic carbocycles. The summed E-state index contributed by atoms with van der Waals surface area (Å²) in [6, 6.07) is 8.59. The van der Waals surface area contributed by atoms with Crippen molar-refractivity contribution in [1.82, 2.24) is 15.5 Å². The Bertz CT molecular complexity index is 603. The van der Waals surface area contributed by atoms with Crippen molar-refractivity contribution in [3.8, 4) is 0 Å². The minimum atomic E-state index is -0.217. The summed E-state index contributed by atoms with van der Waals surface area (Å²) < 4.78 is 0. The highest BCUT2D eigenvalue weighted by Gasteiger charge is 2.06. The number of nitrogens with one attached hydrogen (secondary N) is 3. The van der Waals surface area contributed by atoms with Crippen LogP contribution in [0.25, 0.3) is 0 Å². The van der Waals surface area contributed by atoms with Gasteiger partial charge in [0.1, 0.15) is 0 Å². The van der Waals surface area contributed by atoms with Crippen LogP contribution in [-0.4, -0.2) is 16.1 Å². The zero-order valence-corrected chi connectivity index (χ0v) is 10.3. The predicted octanol–water partition coefficient (Wildman–Crippen LogP) is 1.22. The van der Waals surface area contributed by atoms with E-state index in [1.165, 1.54) is 6.07 Å². The van der Waals surface area contributed by atoms with Gasteiger partial charge in [-0.25, -0.2) is 0 Å². The predicted molar refractivity (Wildman–Crippen MR) is 68.4 cm³/mol. The first-order valence-electron chi connectivity index (χ1n) is 5.42. The molecule has 2 rings (SSSR count). The second-order valence-corrected chi connectivity index (χ2v) is 4.24. The van der Waals surface area contributed by atoms with Gasteiger partial charge in [0.25, 0.3) is 5.56 Å². The number of carbonyl (C=O) groups is 1. The number of benzene rings is 1. The van der Waals surface area contributed by atoms with E-state index in [1.807, 2.05) is 12.1 Å². The Balaban J connectivity index is 1.90. The fraction of sp³-hybridized carbons (Fsp3) is 0.167. The highest BCUT2D eigenvalue weighted by Crippen LogP contribution is 2.15. The first-order chi connectivity index (χ1) is 8.65. The monoisotopic (exact) mass is 265 g/mol. The summed E-state index contributed by atoms with van der Waals surface area (Å²) in [4.78, 5) is 22.5. The third kappa shape index (κ3) is 3.24. The van der Waals surface area contributed by atoms with Gasteiger partial charge in [-0.15, -0.1) is 0 Å². The van der Waals surface area contributed by atoms with Gasteiger partial charge in [0.2, 0.25) is 5.91 Å². The lowest BCUT2D eigenvalue weighted by molar-refractivity contribution is -0.120. The third-order valence-electron chi connectivity index (χ3n) is 2.44. The van der Waals surface area contributed by atoms with Crippen LogP contribution in [0.5, 0.6) is 0 Å². The molecule has 0 saturated heterocycles.